The molecular formula is C17H19N3S. The standard InChI is InChI=1S/C17H19N3S/c1-3-9-19-17(15-8-7-12(2)21-15)13-5-4-6-14-16(13)20-11-10-18-14/h4-8,10-11,17,19H,3,9H2,1-2H3. The molecule has 0 spiro atoms. The molecule has 0 saturated heterocycles. The highest BCUT2D eigenvalue weighted by Crippen LogP contribution is 2.31. The molecule has 0 saturated carbocycles. The van der Waals surface area contributed by atoms with Crippen molar-refractivity contribution in [3.63, 3.8) is 0 Å². The molecule has 0 aliphatic rings. The second kappa shape index (κ2) is 6.33. The summed E-state index contributed by atoms with van der Waals surface area (Å²) in [6.07, 6.45) is 4.62. The van der Waals surface area contributed by atoms with Crippen molar-refractivity contribution < 1.29 is 0 Å². The van der Waals surface area contributed by atoms with Crippen molar-refractivity contribution in [3.05, 3.63) is 58.0 Å². The predicted molar refractivity (Wildman–Crippen MR) is 88.7 cm³/mol. The minimum absolute atomic E-state index is 0.184. The third kappa shape index (κ3) is 2.96. The first-order valence-corrected chi connectivity index (χ1v) is 8.10. The fraction of sp³-hybridized carbons (Fsp3) is 0.294. The molecule has 1 atom stereocenters. The van der Waals surface area contributed by atoms with E-state index in [-0.39, 0.29) is 6.04 Å². The Kier molecular flexibility index (Phi) is 4.27. The van der Waals surface area contributed by atoms with Gasteiger partial charge in [0.15, 0.2) is 0 Å². The Morgan fingerprint density at radius 1 is 1.14 bits per heavy atom. The van der Waals surface area contributed by atoms with Gasteiger partial charge in [-0.05, 0) is 38.1 Å². The highest BCUT2D eigenvalue weighted by atomic mass is 32.1. The van der Waals surface area contributed by atoms with Crippen molar-refractivity contribution in [2.45, 2.75) is 26.3 Å². The van der Waals surface area contributed by atoms with Crippen LogP contribution in [-0.4, -0.2) is 16.5 Å². The number of aryl methyl sites for hydroxylation is 1. The van der Waals surface area contributed by atoms with Crippen LogP contribution >= 0.6 is 11.3 Å². The number of thiophene rings is 1. The first-order chi connectivity index (χ1) is 10.3. The summed E-state index contributed by atoms with van der Waals surface area (Å²) in [5.74, 6) is 0. The lowest BCUT2D eigenvalue weighted by Gasteiger charge is -2.19. The van der Waals surface area contributed by atoms with Gasteiger partial charge in [-0.2, -0.15) is 0 Å². The summed E-state index contributed by atoms with van der Waals surface area (Å²) in [6.45, 7) is 5.32. The Morgan fingerprint density at radius 3 is 2.76 bits per heavy atom. The quantitative estimate of drug-likeness (QED) is 0.771. The van der Waals surface area contributed by atoms with E-state index in [0.717, 1.165) is 24.0 Å². The lowest BCUT2D eigenvalue weighted by molar-refractivity contribution is 0.608. The molecule has 2 aromatic heterocycles. The van der Waals surface area contributed by atoms with E-state index in [4.69, 9.17) is 0 Å². The number of aromatic nitrogens is 2. The van der Waals surface area contributed by atoms with E-state index in [9.17, 15) is 0 Å². The number of nitrogens with zero attached hydrogens (tertiary/aromatic N) is 2. The van der Waals surface area contributed by atoms with Gasteiger partial charge in [0.05, 0.1) is 17.1 Å². The smallest absolute Gasteiger partial charge is 0.0938 e. The topological polar surface area (TPSA) is 37.8 Å². The largest absolute Gasteiger partial charge is 0.306 e. The van der Waals surface area contributed by atoms with Crippen LogP contribution in [-0.2, 0) is 0 Å². The number of benzene rings is 1. The van der Waals surface area contributed by atoms with Gasteiger partial charge in [-0.25, -0.2) is 0 Å². The first-order valence-electron chi connectivity index (χ1n) is 7.29. The summed E-state index contributed by atoms with van der Waals surface area (Å²) in [5.41, 5.74) is 3.14. The predicted octanol–water partition coefficient (Wildman–Crippen LogP) is 4.09. The number of hydrogen-bond acceptors (Lipinski definition) is 4. The summed E-state index contributed by atoms with van der Waals surface area (Å²) in [5, 5.41) is 3.65. The maximum Gasteiger partial charge on any atom is 0.0938 e. The Hall–Kier alpha value is -1.78. The summed E-state index contributed by atoms with van der Waals surface area (Å²) in [4.78, 5) is 11.6. The highest BCUT2D eigenvalue weighted by Gasteiger charge is 2.18. The van der Waals surface area contributed by atoms with Crippen molar-refractivity contribution >= 4 is 22.4 Å². The van der Waals surface area contributed by atoms with E-state index in [1.54, 1.807) is 12.4 Å². The van der Waals surface area contributed by atoms with Crippen LogP contribution in [0.1, 0.15) is 34.7 Å². The van der Waals surface area contributed by atoms with Crippen LogP contribution in [0.3, 0.4) is 0 Å². The summed E-state index contributed by atoms with van der Waals surface area (Å²) in [6, 6.07) is 10.8. The Balaban J connectivity index is 2.09. The van der Waals surface area contributed by atoms with Gasteiger partial charge < -0.3 is 5.32 Å². The van der Waals surface area contributed by atoms with Gasteiger partial charge >= 0.3 is 0 Å². The number of hydrogen-bond donors (Lipinski definition) is 1. The molecule has 4 heteroatoms. The van der Waals surface area contributed by atoms with E-state index in [2.05, 4.69) is 53.4 Å². The van der Waals surface area contributed by atoms with Crippen LogP contribution in [0, 0.1) is 6.92 Å². The molecule has 0 amide bonds. The molecule has 3 rings (SSSR count). The van der Waals surface area contributed by atoms with Gasteiger partial charge in [-0.15, -0.1) is 11.3 Å². The maximum atomic E-state index is 4.54. The molecule has 0 radical (unpaired) electrons. The molecule has 108 valence electrons. The Bertz CT molecular complexity index is 730. The van der Waals surface area contributed by atoms with Gasteiger partial charge in [-0.1, -0.05) is 19.1 Å². The third-order valence-electron chi connectivity index (χ3n) is 3.48. The van der Waals surface area contributed by atoms with Gasteiger partial charge in [0, 0.05) is 27.7 Å². The molecule has 0 bridgehead atoms. The van der Waals surface area contributed by atoms with Crippen LogP contribution < -0.4 is 5.32 Å². The lowest BCUT2D eigenvalue weighted by Crippen LogP contribution is -2.22. The van der Waals surface area contributed by atoms with Crippen LogP contribution in [0.2, 0.25) is 0 Å². The molecule has 1 aromatic carbocycles. The molecule has 1 unspecified atom stereocenters. The Morgan fingerprint density at radius 2 is 2.00 bits per heavy atom. The fourth-order valence-electron chi connectivity index (χ4n) is 2.51. The average Bonchev–Trinajstić information content (AvgIpc) is 2.94. The lowest BCUT2D eigenvalue weighted by atomic mass is 10.0. The van der Waals surface area contributed by atoms with E-state index < -0.39 is 0 Å². The van der Waals surface area contributed by atoms with E-state index >= 15 is 0 Å². The average molecular weight is 297 g/mol. The third-order valence-corrected chi connectivity index (χ3v) is 4.55. The monoisotopic (exact) mass is 297 g/mol. The number of rotatable bonds is 5. The summed E-state index contributed by atoms with van der Waals surface area (Å²) >= 11 is 1.84. The molecule has 0 aliphatic heterocycles. The molecule has 3 nitrogen and oxygen atoms in total. The number of para-hydroxylation sites is 1. The maximum absolute atomic E-state index is 4.54. The molecule has 3 aromatic rings. The number of fused-ring (bicyclic) bond motifs is 1. The van der Waals surface area contributed by atoms with Crippen molar-refractivity contribution in [2.24, 2.45) is 0 Å². The second-order valence-corrected chi connectivity index (χ2v) is 6.43. The van der Waals surface area contributed by atoms with Crippen molar-refractivity contribution in [1.29, 1.82) is 0 Å². The van der Waals surface area contributed by atoms with E-state index in [0.29, 0.717) is 0 Å². The number of nitrogens with one attached hydrogen (secondary N) is 1. The molecular weight excluding hydrogens is 278 g/mol. The van der Waals surface area contributed by atoms with Crippen LogP contribution in [0.5, 0.6) is 0 Å². The molecule has 21 heavy (non-hydrogen) atoms. The molecule has 0 aliphatic carbocycles. The zero-order valence-corrected chi connectivity index (χ0v) is 13.2. The van der Waals surface area contributed by atoms with Gasteiger partial charge in [0.25, 0.3) is 0 Å². The zero-order valence-electron chi connectivity index (χ0n) is 12.3. The van der Waals surface area contributed by atoms with Gasteiger partial charge in [0.1, 0.15) is 0 Å². The van der Waals surface area contributed by atoms with Gasteiger partial charge in [-0.3, -0.25) is 9.97 Å². The van der Waals surface area contributed by atoms with Crippen LogP contribution in [0.25, 0.3) is 11.0 Å². The van der Waals surface area contributed by atoms with Crippen LogP contribution in [0.4, 0.5) is 0 Å². The first kappa shape index (κ1) is 14.2. The fourth-order valence-corrected chi connectivity index (χ4v) is 3.48. The van der Waals surface area contributed by atoms with Crippen molar-refractivity contribution in [1.82, 2.24) is 15.3 Å². The van der Waals surface area contributed by atoms with Gasteiger partial charge in [0.2, 0.25) is 0 Å². The normalized spacial score (nSPS) is 12.7. The minimum Gasteiger partial charge on any atom is -0.306 e. The van der Waals surface area contributed by atoms with E-state index in [1.807, 2.05) is 17.4 Å². The summed E-state index contributed by atoms with van der Waals surface area (Å²) < 4.78 is 0. The molecule has 2 heterocycles. The van der Waals surface area contributed by atoms with Crippen molar-refractivity contribution in [2.75, 3.05) is 6.54 Å². The molecule has 1 N–H and O–H groups in total. The SMILES string of the molecule is CCCNC(c1ccc(C)s1)c1cccc2nccnc12. The highest BCUT2D eigenvalue weighted by molar-refractivity contribution is 7.12. The molecule has 0 fully saturated rings. The Labute approximate surface area is 129 Å². The van der Waals surface area contributed by atoms with E-state index in [1.165, 1.54) is 15.3 Å². The van der Waals surface area contributed by atoms with Crippen LogP contribution in [0.15, 0.2) is 42.7 Å². The second-order valence-electron chi connectivity index (χ2n) is 5.11. The minimum atomic E-state index is 0.184. The summed E-state index contributed by atoms with van der Waals surface area (Å²) in [7, 11) is 0. The zero-order chi connectivity index (χ0) is 14.7. The van der Waals surface area contributed by atoms with Crippen molar-refractivity contribution in [3.8, 4) is 0 Å².